The molecule has 1 heterocycles. The number of aryl methyl sites for hydroxylation is 1. The lowest BCUT2D eigenvalue weighted by Crippen LogP contribution is -2.25. The lowest BCUT2D eigenvalue weighted by molar-refractivity contribution is 0.413. The van der Waals surface area contributed by atoms with Gasteiger partial charge in [0.05, 0.1) is 6.20 Å². The first-order valence-corrected chi connectivity index (χ1v) is 9.07. The largest absolute Gasteiger partial charge is 0.451 e. The SMILES string of the molecule is Cn1ncc2c1CCC[C@@H]2NCc1ccc(Oc2ccccc2F)c(F)c1. The second-order valence-corrected chi connectivity index (χ2v) is 6.79. The summed E-state index contributed by atoms with van der Waals surface area (Å²) in [5, 5.41) is 7.84. The molecule has 0 saturated heterocycles. The van der Waals surface area contributed by atoms with Gasteiger partial charge >= 0.3 is 0 Å². The molecular weight excluding hydrogens is 348 g/mol. The van der Waals surface area contributed by atoms with Crippen molar-refractivity contribution in [2.75, 3.05) is 0 Å². The molecule has 4 rings (SSSR count). The van der Waals surface area contributed by atoms with Crippen LogP contribution in [0.25, 0.3) is 0 Å². The van der Waals surface area contributed by atoms with Crippen molar-refractivity contribution in [3.05, 3.63) is 77.1 Å². The van der Waals surface area contributed by atoms with Gasteiger partial charge in [0.2, 0.25) is 0 Å². The minimum atomic E-state index is -0.521. The zero-order valence-electron chi connectivity index (χ0n) is 15.1. The van der Waals surface area contributed by atoms with Crippen LogP contribution in [0.4, 0.5) is 8.78 Å². The van der Waals surface area contributed by atoms with Gasteiger partial charge in [-0.15, -0.1) is 0 Å². The highest BCUT2D eigenvalue weighted by molar-refractivity contribution is 5.35. The van der Waals surface area contributed by atoms with Crippen molar-refractivity contribution >= 4 is 0 Å². The molecule has 0 amide bonds. The van der Waals surface area contributed by atoms with Crippen LogP contribution in [0.2, 0.25) is 0 Å². The molecule has 3 aromatic rings. The molecule has 1 aliphatic rings. The molecule has 1 aliphatic carbocycles. The number of rotatable bonds is 5. The Bertz CT molecular complexity index is 954. The average Bonchev–Trinajstić information content (AvgIpc) is 3.05. The number of halogens is 2. The van der Waals surface area contributed by atoms with Crippen molar-refractivity contribution in [1.82, 2.24) is 15.1 Å². The highest BCUT2D eigenvalue weighted by atomic mass is 19.1. The van der Waals surface area contributed by atoms with Crippen molar-refractivity contribution in [3.8, 4) is 11.5 Å². The summed E-state index contributed by atoms with van der Waals surface area (Å²) < 4.78 is 35.3. The number of hydrogen-bond acceptors (Lipinski definition) is 3. The maximum Gasteiger partial charge on any atom is 0.166 e. The van der Waals surface area contributed by atoms with Gasteiger partial charge in [0, 0.05) is 30.9 Å². The molecule has 0 saturated carbocycles. The van der Waals surface area contributed by atoms with Gasteiger partial charge in [-0.25, -0.2) is 8.78 Å². The zero-order valence-corrected chi connectivity index (χ0v) is 15.1. The van der Waals surface area contributed by atoms with Gasteiger partial charge in [0.1, 0.15) is 0 Å². The van der Waals surface area contributed by atoms with E-state index in [1.54, 1.807) is 18.2 Å². The fraction of sp³-hybridized carbons (Fsp3) is 0.286. The summed E-state index contributed by atoms with van der Waals surface area (Å²) in [5.74, 6) is -1.01. The molecule has 4 nitrogen and oxygen atoms in total. The summed E-state index contributed by atoms with van der Waals surface area (Å²) in [7, 11) is 1.96. The van der Waals surface area contributed by atoms with Gasteiger partial charge in [-0.3, -0.25) is 4.68 Å². The van der Waals surface area contributed by atoms with Gasteiger partial charge < -0.3 is 10.1 Å². The Balaban J connectivity index is 1.44. The average molecular weight is 369 g/mol. The number of fused-ring (bicyclic) bond motifs is 1. The predicted molar refractivity (Wildman–Crippen MR) is 98.6 cm³/mol. The van der Waals surface area contributed by atoms with E-state index >= 15 is 0 Å². The van der Waals surface area contributed by atoms with Crippen LogP contribution in [-0.4, -0.2) is 9.78 Å². The van der Waals surface area contributed by atoms with Crippen LogP contribution >= 0.6 is 0 Å². The molecule has 1 aromatic heterocycles. The van der Waals surface area contributed by atoms with Crippen molar-refractivity contribution in [2.24, 2.45) is 7.05 Å². The van der Waals surface area contributed by atoms with E-state index in [2.05, 4.69) is 10.4 Å². The molecule has 6 heteroatoms. The maximum atomic E-state index is 14.4. The topological polar surface area (TPSA) is 39.1 Å². The number of nitrogens with zero attached hydrogens (tertiary/aromatic N) is 2. The molecule has 1 atom stereocenters. The first-order valence-electron chi connectivity index (χ1n) is 9.07. The van der Waals surface area contributed by atoms with Gasteiger partial charge in [0.25, 0.3) is 0 Å². The molecular formula is C21H21F2N3O. The van der Waals surface area contributed by atoms with Crippen LogP contribution in [-0.2, 0) is 20.0 Å². The summed E-state index contributed by atoms with van der Waals surface area (Å²) in [6.45, 7) is 0.538. The molecule has 2 aromatic carbocycles. The number of ether oxygens (including phenoxy) is 1. The number of hydrogen-bond donors (Lipinski definition) is 1. The van der Waals surface area contributed by atoms with Gasteiger partial charge in [-0.05, 0) is 49.1 Å². The van der Waals surface area contributed by atoms with Crippen LogP contribution < -0.4 is 10.1 Å². The molecule has 0 spiro atoms. The van der Waals surface area contributed by atoms with E-state index in [0.717, 1.165) is 24.8 Å². The number of aromatic nitrogens is 2. The Morgan fingerprint density at radius 3 is 2.78 bits per heavy atom. The zero-order chi connectivity index (χ0) is 18.8. The molecule has 0 fully saturated rings. The molecule has 0 aliphatic heterocycles. The van der Waals surface area contributed by atoms with Crippen molar-refractivity contribution in [1.29, 1.82) is 0 Å². The van der Waals surface area contributed by atoms with Crippen LogP contribution in [0.1, 0.15) is 35.7 Å². The Kier molecular flexibility index (Phi) is 4.90. The highest BCUT2D eigenvalue weighted by Crippen LogP contribution is 2.30. The Morgan fingerprint density at radius 1 is 1.15 bits per heavy atom. The fourth-order valence-corrected chi connectivity index (χ4v) is 3.54. The molecule has 0 unspecified atom stereocenters. The Hall–Kier alpha value is -2.73. The minimum absolute atomic E-state index is 0.00795. The summed E-state index contributed by atoms with van der Waals surface area (Å²) in [6, 6.07) is 10.9. The molecule has 1 N–H and O–H groups in total. The number of para-hydroxylation sites is 1. The van der Waals surface area contributed by atoms with E-state index in [1.165, 1.54) is 35.5 Å². The standard InChI is InChI=1S/C21H21F2N3O/c1-26-19-7-4-6-18(15(19)13-25-26)24-12-14-9-10-21(17(23)11-14)27-20-8-3-2-5-16(20)22/h2-3,5,8-11,13,18,24H,4,6-7,12H2,1H3/t18-/m0/s1. The Morgan fingerprint density at radius 2 is 1.96 bits per heavy atom. The number of nitrogens with one attached hydrogen (secondary N) is 1. The number of benzene rings is 2. The van der Waals surface area contributed by atoms with E-state index in [-0.39, 0.29) is 17.5 Å². The first-order chi connectivity index (χ1) is 13.1. The maximum absolute atomic E-state index is 14.4. The van der Waals surface area contributed by atoms with Crippen LogP contribution in [0.3, 0.4) is 0 Å². The molecule has 27 heavy (non-hydrogen) atoms. The quantitative estimate of drug-likeness (QED) is 0.711. The fourth-order valence-electron chi connectivity index (χ4n) is 3.54. The van der Waals surface area contributed by atoms with E-state index in [4.69, 9.17) is 4.74 Å². The Labute approximate surface area is 156 Å². The third kappa shape index (κ3) is 3.71. The second kappa shape index (κ2) is 7.48. The third-order valence-electron chi connectivity index (χ3n) is 4.98. The van der Waals surface area contributed by atoms with Crippen molar-refractivity contribution < 1.29 is 13.5 Å². The second-order valence-electron chi connectivity index (χ2n) is 6.79. The van der Waals surface area contributed by atoms with Gasteiger partial charge in [0.15, 0.2) is 23.1 Å². The van der Waals surface area contributed by atoms with Crippen LogP contribution in [0.5, 0.6) is 11.5 Å². The van der Waals surface area contributed by atoms with E-state index in [1.807, 2.05) is 17.9 Å². The summed E-state index contributed by atoms with van der Waals surface area (Å²) in [4.78, 5) is 0. The lowest BCUT2D eigenvalue weighted by Gasteiger charge is -2.24. The summed E-state index contributed by atoms with van der Waals surface area (Å²) in [5.41, 5.74) is 3.30. The lowest BCUT2D eigenvalue weighted by atomic mass is 9.93. The van der Waals surface area contributed by atoms with Gasteiger partial charge in [-0.2, -0.15) is 5.10 Å². The minimum Gasteiger partial charge on any atom is -0.451 e. The summed E-state index contributed by atoms with van der Waals surface area (Å²) >= 11 is 0. The summed E-state index contributed by atoms with van der Waals surface area (Å²) in [6.07, 6.45) is 5.10. The third-order valence-corrected chi connectivity index (χ3v) is 4.98. The van der Waals surface area contributed by atoms with E-state index < -0.39 is 11.6 Å². The van der Waals surface area contributed by atoms with Crippen molar-refractivity contribution in [3.63, 3.8) is 0 Å². The highest BCUT2D eigenvalue weighted by Gasteiger charge is 2.23. The van der Waals surface area contributed by atoms with Gasteiger partial charge in [-0.1, -0.05) is 18.2 Å². The smallest absolute Gasteiger partial charge is 0.166 e. The predicted octanol–water partition coefficient (Wildman–Crippen LogP) is 4.66. The van der Waals surface area contributed by atoms with E-state index in [0.29, 0.717) is 6.54 Å². The van der Waals surface area contributed by atoms with Crippen LogP contribution in [0.15, 0.2) is 48.7 Å². The van der Waals surface area contributed by atoms with E-state index in [9.17, 15) is 8.78 Å². The normalized spacial score (nSPS) is 16.2. The first kappa shape index (κ1) is 17.7. The monoisotopic (exact) mass is 369 g/mol. The molecule has 0 radical (unpaired) electrons. The molecule has 0 bridgehead atoms. The van der Waals surface area contributed by atoms with Crippen molar-refractivity contribution in [2.45, 2.75) is 31.8 Å². The molecule has 140 valence electrons. The van der Waals surface area contributed by atoms with Crippen LogP contribution in [0, 0.1) is 11.6 Å².